The Morgan fingerprint density at radius 1 is 1.15 bits per heavy atom. The Bertz CT molecular complexity index is 974. The maximum Gasteiger partial charge on any atom is 0.234 e. The van der Waals surface area contributed by atoms with E-state index < -0.39 is 0 Å². The molecule has 1 aromatic heterocycles. The van der Waals surface area contributed by atoms with E-state index in [1.807, 2.05) is 12.3 Å². The van der Waals surface area contributed by atoms with Crippen LogP contribution in [0.15, 0.2) is 67.0 Å². The van der Waals surface area contributed by atoms with Gasteiger partial charge in [-0.2, -0.15) is 0 Å². The second-order valence-electron chi connectivity index (χ2n) is 6.61. The number of thioether (sulfide) groups is 1. The molecule has 1 unspecified atom stereocenters. The molecule has 0 saturated carbocycles. The zero-order valence-electron chi connectivity index (χ0n) is 14.9. The number of carbonyl (C=O) groups excluding carboxylic acids is 1. The predicted molar refractivity (Wildman–Crippen MR) is 107 cm³/mol. The lowest BCUT2D eigenvalue weighted by molar-refractivity contribution is -0.128. The summed E-state index contributed by atoms with van der Waals surface area (Å²) >= 11 is 1.56. The number of hydrogen-bond acceptors (Lipinski definition) is 3. The molecule has 2 heterocycles. The van der Waals surface area contributed by atoms with Gasteiger partial charge in [0.1, 0.15) is 11.2 Å². The van der Waals surface area contributed by atoms with Crippen molar-refractivity contribution in [3.8, 4) is 11.1 Å². The summed E-state index contributed by atoms with van der Waals surface area (Å²) in [5, 5.41) is -0.179. The van der Waals surface area contributed by atoms with Gasteiger partial charge >= 0.3 is 0 Å². The first kappa shape index (κ1) is 17.7. The number of aryl methyl sites for hydroxylation is 1. The van der Waals surface area contributed by atoms with Crippen molar-refractivity contribution in [1.82, 2.24) is 9.88 Å². The van der Waals surface area contributed by atoms with E-state index in [-0.39, 0.29) is 23.6 Å². The standard InChI is InChI=1S/C22H19FN2OS/c1-15-6-8-16(9-7-15)18-10-11-24-12-19(18)22-25(21(26)14-27-22)13-17-4-2-3-5-20(17)23/h2-12,22H,13-14H2,1H3. The molecule has 0 bridgehead atoms. The van der Waals surface area contributed by atoms with Crippen LogP contribution < -0.4 is 0 Å². The van der Waals surface area contributed by atoms with Gasteiger partial charge in [0.05, 0.1) is 5.75 Å². The average molecular weight is 378 g/mol. The third kappa shape index (κ3) is 3.60. The summed E-state index contributed by atoms with van der Waals surface area (Å²) < 4.78 is 14.1. The topological polar surface area (TPSA) is 33.2 Å². The summed E-state index contributed by atoms with van der Waals surface area (Å²) in [6.07, 6.45) is 3.58. The normalized spacial score (nSPS) is 16.7. The molecule has 5 heteroatoms. The van der Waals surface area contributed by atoms with Crippen LogP contribution in [0.25, 0.3) is 11.1 Å². The van der Waals surface area contributed by atoms with Crippen LogP contribution in [0.1, 0.15) is 22.1 Å². The Labute approximate surface area is 162 Å². The van der Waals surface area contributed by atoms with E-state index in [9.17, 15) is 9.18 Å². The van der Waals surface area contributed by atoms with Crippen molar-refractivity contribution in [2.24, 2.45) is 0 Å². The second-order valence-corrected chi connectivity index (χ2v) is 7.67. The molecule has 1 fully saturated rings. The Morgan fingerprint density at radius 2 is 1.93 bits per heavy atom. The molecule has 0 N–H and O–H groups in total. The molecule has 3 aromatic rings. The summed E-state index contributed by atoms with van der Waals surface area (Å²) in [6, 6.07) is 16.9. The van der Waals surface area contributed by atoms with Gasteiger partial charge in [-0.05, 0) is 30.2 Å². The molecule has 3 nitrogen and oxygen atoms in total. The van der Waals surface area contributed by atoms with Crippen molar-refractivity contribution in [2.45, 2.75) is 18.8 Å². The number of halogens is 1. The van der Waals surface area contributed by atoms with Crippen LogP contribution in [0.5, 0.6) is 0 Å². The van der Waals surface area contributed by atoms with E-state index in [2.05, 4.69) is 36.2 Å². The summed E-state index contributed by atoms with van der Waals surface area (Å²) in [7, 11) is 0. The third-order valence-corrected chi connectivity index (χ3v) is 5.98. The Balaban J connectivity index is 1.71. The highest BCUT2D eigenvalue weighted by molar-refractivity contribution is 8.00. The molecule has 0 radical (unpaired) electrons. The number of benzene rings is 2. The summed E-state index contributed by atoms with van der Waals surface area (Å²) in [5.41, 5.74) is 4.84. The molecule has 0 aliphatic carbocycles. The van der Waals surface area contributed by atoms with Crippen LogP contribution in [-0.2, 0) is 11.3 Å². The van der Waals surface area contributed by atoms with Crippen molar-refractivity contribution in [3.05, 3.63) is 89.5 Å². The maximum atomic E-state index is 14.1. The Morgan fingerprint density at radius 3 is 2.70 bits per heavy atom. The summed E-state index contributed by atoms with van der Waals surface area (Å²) in [5.74, 6) is 0.124. The van der Waals surface area contributed by atoms with Crippen molar-refractivity contribution in [3.63, 3.8) is 0 Å². The van der Waals surface area contributed by atoms with Crippen molar-refractivity contribution in [1.29, 1.82) is 0 Å². The minimum absolute atomic E-state index is 0.0203. The predicted octanol–water partition coefficient (Wildman–Crippen LogP) is 4.97. The molecule has 1 saturated heterocycles. The highest BCUT2D eigenvalue weighted by Gasteiger charge is 2.34. The van der Waals surface area contributed by atoms with Crippen LogP contribution in [-0.4, -0.2) is 21.5 Å². The van der Waals surface area contributed by atoms with Gasteiger partial charge in [-0.25, -0.2) is 4.39 Å². The fourth-order valence-electron chi connectivity index (χ4n) is 3.29. The lowest BCUT2D eigenvalue weighted by Gasteiger charge is -2.26. The van der Waals surface area contributed by atoms with Crippen LogP contribution in [0.4, 0.5) is 4.39 Å². The fourth-order valence-corrected chi connectivity index (χ4v) is 4.50. The molecule has 1 atom stereocenters. The number of pyridine rings is 1. The molecule has 0 spiro atoms. The molecule has 1 aliphatic rings. The minimum Gasteiger partial charge on any atom is -0.321 e. The van der Waals surface area contributed by atoms with Crippen LogP contribution in [0.3, 0.4) is 0 Å². The van der Waals surface area contributed by atoms with Gasteiger partial charge in [0.2, 0.25) is 5.91 Å². The zero-order chi connectivity index (χ0) is 18.8. The third-order valence-electron chi connectivity index (χ3n) is 4.75. The molecule has 4 rings (SSSR count). The van der Waals surface area contributed by atoms with Crippen LogP contribution in [0, 0.1) is 12.7 Å². The average Bonchev–Trinajstić information content (AvgIpc) is 3.05. The van der Waals surface area contributed by atoms with Gasteiger partial charge in [-0.1, -0.05) is 48.0 Å². The number of carbonyl (C=O) groups is 1. The highest BCUT2D eigenvalue weighted by Crippen LogP contribution is 2.43. The summed E-state index contributed by atoms with van der Waals surface area (Å²) in [6.45, 7) is 2.31. The lowest BCUT2D eigenvalue weighted by Crippen LogP contribution is -2.28. The van der Waals surface area contributed by atoms with E-state index in [1.54, 1.807) is 41.1 Å². The van der Waals surface area contributed by atoms with E-state index in [0.717, 1.165) is 16.7 Å². The zero-order valence-corrected chi connectivity index (χ0v) is 15.7. The molecule has 2 aromatic carbocycles. The van der Waals surface area contributed by atoms with Gasteiger partial charge in [-0.15, -0.1) is 11.8 Å². The molecule has 1 amide bonds. The minimum atomic E-state index is -0.286. The number of nitrogens with zero attached hydrogens (tertiary/aromatic N) is 2. The van der Waals surface area contributed by atoms with Crippen LogP contribution in [0.2, 0.25) is 0 Å². The highest BCUT2D eigenvalue weighted by atomic mass is 32.2. The first-order chi connectivity index (χ1) is 13.1. The number of rotatable bonds is 4. The van der Waals surface area contributed by atoms with Gasteiger partial charge < -0.3 is 4.90 Å². The first-order valence-electron chi connectivity index (χ1n) is 8.79. The van der Waals surface area contributed by atoms with E-state index >= 15 is 0 Å². The summed E-state index contributed by atoms with van der Waals surface area (Å²) in [4.78, 5) is 18.6. The SMILES string of the molecule is Cc1ccc(-c2ccncc2C2SCC(=O)N2Cc2ccccc2F)cc1. The van der Waals surface area contributed by atoms with Crippen LogP contribution >= 0.6 is 11.8 Å². The monoisotopic (exact) mass is 378 g/mol. The lowest BCUT2D eigenvalue weighted by atomic mass is 10.00. The van der Waals surface area contributed by atoms with Gasteiger partial charge in [0.15, 0.2) is 0 Å². The van der Waals surface area contributed by atoms with Gasteiger partial charge in [0, 0.05) is 30.1 Å². The molecular weight excluding hydrogens is 359 g/mol. The molecular formula is C22H19FN2OS. The largest absolute Gasteiger partial charge is 0.321 e. The van der Waals surface area contributed by atoms with E-state index in [4.69, 9.17) is 0 Å². The first-order valence-corrected chi connectivity index (χ1v) is 9.84. The quantitative estimate of drug-likeness (QED) is 0.643. The van der Waals surface area contributed by atoms with E-state index in [0.29, 0.717) is 11.3 Å². The maximum absolute atomic E-state index is 14.1. The number of amides is 1. The van der Waals surface area contributed by atoms with Crippen molar-refractivity contribution in [2.75, 3.05) is 5.75 Å². The Hall–Kier alpha value is -2.66. The molecule has 27 heavy (non-hydrogen) atoms. The molecule has 136 valence electrons. The number of aromatic nitrogens is 1. The van der Waals surface area contributed by atoms with E-state index in [1.165, 1.54) is 11.6 Å². The Kier molecular flexibility index (Phi) is 4.94. The van der Waals surface area contributed by atoms with Crippen molar-refractivity contribution >= 4 is 17.7 Å². The molecule has 1 aliphatic heterocycles. The number of hydrogen-bond donors (Lipinski definition) is 0. The fraction of sp³-hybridized carbons (Fsp3) is 0.182. The van der Waals surface area contributed by atoms with Gasteiger partial charge in [0.25, 0.3) is 0 Å². The second kappa shape index (κ2) is 7.53. The smallest absolute Gasteiger partial charge is 0.234 e. The van der Waals surface area contributed by atoms with Gasteiger partial charge in [-0.3, -0.25) is 9.78 Å². The van der Waals surface area contributed by atoms with Crippen molar-refractivity contribution < 1.29 is 9.18 Å².